The molecule has 1 aromatic rings. The van der Waals surface area contributed by atoms with Crippen LogP contribution in [0.5, 0.6) is 0 Å². The van der Waals surface area contributed by atoms with Crippen LogP contribution < -0.4 is 11.1 Å². The molecule has 0 heterocycles. The fourth-order valence-corrected chi connectivity index (χ4v) is 2.60. The minimum absolute atomic E-state index is 0.00574. The summed E-state index contributed by atoms with van der Waals surface area (Å²) in [4.78, 5) is 12.2. The van der Waals surface area contributed by atoms with E-state index in [0.717, 1.165) is 25.7 Å². The maximum atomic E-state index is 12.8. The molecule has 1 aromatic carbocycles. The molecule has 3 N–H and O–H groups in total. The van der Waals surface area contributed by atoms with Gasteiger partial charge in [0.25, 0.3) is 0 Å². The van der Waals surface area contributed by atoms with Crippen molar-refractivity contribution < 1.29 is 9.18 Å². The van der Waals surface area contributed by atoms with Crippen molar-refractivity contribution in [3.63, 3.8) is 0 Å². The van der Waals surface area contributed by atoms with Crippen molar-refractivity contribution in [2.24, 2.45) is 17.6 Å². The molecule has 0 aliphatic heterocycles. The number of nitrogens with one attached hydrogen (secondary N) is 1. The Labute approximate surface area is 107 Å². The molecule has 3 nitrogen and oxygen atoms in total. The Morgan fingerprint density at radius 3 is 2.61 bits per heavy atom. The van der Waals surface area contributed by atoms with Crippen molar-refractivity contribution >= 4 is 11.6 Å². The van der Waals surface area contributed by atoms with Gasteiger partial charge in [0.05, 0.1) is 0 Å². The second-order valence-corrected chi connectivity index (χ2v) is 4.88. The number of hydrogen-bond acceptors (Lipinski definition) is 2. The molecular formula is C14H19FN2O. The number of carbonyl (C=O) groups excluding carboxylic acids is 1. The Bertz CT molecular complexity index is 405. The molecule has 0 spiro atoms. The van der Waals surface area contributed by atoms with Crippen LogP contribution >= 0.6 is 0 Å². The first-order valence-electron chi connectivity index (χ1n) is 6.47. The smallest absolute Gasteiger partial charge is 0.227 e. The number of nitrogens with two attached hydrogens (primary N) is 1. The van der Waals surface area contributed by atoms with Crippen LogP contribution in [-0.4, -0.2) is 12.5 Å². The lowest BCUT2D eigenvalue weighted by molar-refractivity contribution is -0.122. The first-order valence-corrected chi connectivity index (χ1v) is 6.47. The van der Waals surface area contributed by atoms with Gasteiger partial charge in [-0.25, -0.2) is 4.39 Å². The third-order valence-electron chi connectivity index (χ3n) is 3.66. The summed E-state index contributed by atoms with van der Waals surface area (Å²) in [5.41, 5.74) is 6.36. The Hall–Kier alpha value is -1.42. The monoisotopic (exact) mass is 250 g/mol. The van der Waals surface area contributed by atoms with Gasteiger partial charge in [-0.3, -0.25) is 4.79 Å². The van der Waals surface area contributed by atoms with Crippen LogP contribution in [-0.2, 0) is 4.79 Å². The van der Waals surface area contributed by atoms with Crippen LogP contribution in [0.1, 0.15) is 25.7 Å². The number of benzene rings is 1. The van der Waals surface area contributed by atoms with E-state index >= 15 is 0 Å². The largest absolute Gasteiger partial charge is 0.330 e. The van der Waals surface area contributed by atoms with Gasteiger partial charge in [0, 0.05) is 11.6 Å². The van der Waals surface area contributed by atoms with Gasteiger partial charge in [-0.15, -0.1) is 0 Å². The van der Waals surface area contributed by atoms with Crippen molar-refractivity contribution in [1.29, 1.82) is 0 Å². The highest BCUT2D eigenvalue weighted by Gasteiger charge is 2.29. The van der Waals surface area contributed by atoms with E-state index in [-0.39, 0.29) is 23.6 Å². The van der Waals surface area contributed by atoms with Crippen molar-refractivity contribution in [3.05, 3.63) is 30.1 Å². The van der Waals surface area contributed by atoms with Crippen LogP contribution in [0.15, 0.2) is 24.3 Å². The normalized spacial score (nSPS) is 23.7. The van der Waals surface area contributed by atoms with Gasteiger partial charge >= 0.3 is 0 Å². The Morgan fingerprint density at radius 2 is 1.94 bits per heavy atom. The molecule has 0 saturated heterocycles. The second-order valence-electron chi connectivity index (χ2n) is 4.88. The molecule has 18 heavy (non-hydrogen) atoms. The molecule has 0 aromatic heterocycles. The van der Waals surface area contributed by atoms with Gasteiger partial charge in [0.2, 0.25) is 5.91 Å². The standard InChI is InChI=1S/C14H19FN2O/c15-11-5-7-12(8-6-11)17-14(18)13-4-2-1-3-10(13)9-16/h5-8,10,13H,1-4,9,16H2,(H,17,18). The number of halogens is 1. The summed E-state index contributed by atoms with van der Waals surface area (Å²) in [5.74, 6) is -0.0183. The highest BCUT2D eigenvalue weighted by atomic mass is 19.1. The number of carbonyl (C=O) groups is 1. The van der Waals surface area contributed by atoms with Crippen molar-refractivity contribution in [1.82, 2.24) is 0 Å². The van der Waals surface area contributed by atoms with Gasteiger partial charge in [0.1, 0.15) is 5.82 Å². The van der Waals surface area contributed by atoms with Crippen molar-refractivity contribution in [2.45, 2.75) is 25.7 Å². The van der Waals surface area contributed by atoms with E-state index in [1.165, 1.54) is 12.1 Å². The highest BCUT2D eigenvalue weighted by molar-refractivity contribution is 5.92. The Morgan fingerprint density at radius 1 is 1.28 bits per heavy atom. The van der Waals surface area contributed by atoms with E-state index in [0.29, 0.717) is 12.2 Å². The zero-order valence-corrected chi connectivity index (χ0v) is 10.4. The molecule has 2 rings (SSSR count). The first kappa shape index (κ1) is 13.0. The van der Waals surface area contributed by atoms with E-state index < -0.39 is 0 Å². The summed E-state index contributed by atoms with van der Waals surface area (Å²) in [6.07, 6.45) is 4.16. The van der Waals surface area contributed by atoms with Gasteiger partial charge in [-0.05, 0) is 49.6 Å². The predicted octanol–water partition coefficient (Wildman–Crippen LogP) is 2.53. The van der Waals surface area contributed by atoms with Crippen LogP contribution in [0.25, 0.3) is 0 Å². The van der Waals surface area contributed by atoms with Crippen molar-refractivity contribution in [2.75, 3.05) is 11.9 Å². The first-order chi connectivity index (χ1) is 8.70. The van der Waals surface area contributed by atoms with E-state index in [1.807, 2.05) is 0 Å². The highest BCUT2D eigenvalue weighted by Crippen LogP contribution is 2.30. The fourth-order valence-electron chi connectivity index (χ4n) is 2.60. The molecular weight excluding hydrogens is 231 g/mol. The summed E-state index contributed by atoms with van der Waals surface area (Å²) >= 11 is 0. The molecule has 0 radical (unpaired) electrons. The maximum absolute atomic E-state index is 12.8. The van der Waals surface area contributed by atoms with E-state index in [4.69, 9.17) is 5.73 Å². The zero-order chi connectivity index (χ0) is 13.0. The Kier molecular flexibility index (Phi) is 4.31. The number of rotatable bonds is 3. The van der Waals surface area contributed by atoms with Crippen molar-refractivity contribution in [3.8, 4) is 0 Å². The predicted molar refractivity (Wildman–Crippen MR) is 69.5 cm³/mol. The molecule has 1 saturated carbocycles. The van der Waals surface area contributed by atoms with E-state index in [2.05, 4.69) is 5.32 Å². The molecule has 1 aliphatic carbocycles. The van der Waals surface area contributed by atoms with Gasteiger partial charge < -0.3 is 11.1 Å². The lowest BCUT2D eigenvalue weighted by Gasteiger charge is -2.29. The van der Waals surface area contributed by atoms with Crippen LogP contribution in [0.2, 0.25) is 0 Å². The molecule has 0 bridgehead atoms. The van der Waals surface area contributed by atoms with Gasteiger partial charge in [-0.2, -0.15) is 0 Å². The number of anilines is 1. The lowest BCUT2D eigenvalue weighted by Crippen LogP contribution is -2.35. The molecule has 98 valence electrons. The Balaban J connectivity index is 2.00. The summed E-state index contributed by atoms with van der Waals surface area (Å²) in [6.45, 7) is 0.557. The average molecular weight is 250 g/mol. The molecule has 2 unspecified atom stereocenters. The lowest BCUT2D eigenvalue weighted by atomic mass is 9.78. The molecule has 1 fully saturated rings. The third kappa shape index (κ3) is 3.07. The maximum Gasteiger partial charge on any atom is 0.227 e. The number of hydrogen-bond donors (Lipinski definition) is 2. The second kappa shape index (κ2) is 5.96. The zero-order valence-electron chi connectivity index (χ0n) is 10.4. The average Bonchev–Trinajstić information content (AvgIpc) is 2.41. The molecule has 4 heteroatoms. The van der Waals surface area contributed by atoms with Crippen LogP contribution in [0.3, 0.4) is 0 Å². The summed E-state index contributed by atoms with van der Waals surface area (Å²) in [6, 6.07) is 5.84. The van der Waals surface area contributed by atoms with Crippen LogP contribution in [0.4, 0.5) is 10.1 Å². The minimum atomic E-state index is -0.300. The molecule has 1 amide bonds. The summed E-state index contributed by atoms with van der Waals surface area (Å²) < 4.78 is 12.8. The fraction of sp³-hybridized carbons (Fsp3) is 0.500. The number of amides is 1. The van der Waals surface area contributed by atoms with E-state index in [1.54, 1.807) is 12.1 Å². The van der Waals surface area contributed by atoms with Gasteiger partial charge in [-0.1, -0.05) is 12.8 Å². The summed E-state index contributed by atoms with van der Waals surface area (Å²) in [7, 11) is 0. The van der Waals surface area contributed by atoms with Gasteiger partial charge in [0.15, 0.2) is 0 Å². The molecule has 2 atom stereocenters. The quantitative estimate of drug-likeness (QED) is 0.866. The minimum Gasteiger partial charge on any atom is -0.330 e. The molecule has 1 aliphatic rings. The topological polar surface area (TPSA) is 55.1 Å². The van der Waals surface area contributed by atoms with Crippen LogP contribution in [0, 0.1) is 17.7 Å². The third-order valence-corrected chi connectivity index (χ3v) is 3.66. The summed E-state index contributed by atoms with van der Waals surface area (Å²) in [5, 5.41) is 2.84. The SMILES string of the molecule is NCC1CCCCC1C(=O)Nc1ccc(F)cc1. The van der Waals surface area contributed by atoms with E-state index in [9.17, 15) is 9.18 Å².